The highest BCUT2D eigenvalue weighted by atomic mass is 19.1. The van der Waals surface area contributed by atoms with E-state index in [1.165, 1.54) is 24.3 Å². The van der Waals surface area contributed by atoms with E-state index in [1.54, 1.807) is 6.07 Å². The van der Waals surface area contributed by atoms with Crippen molar-refractivity contribution in [1.29, 1.82) is 0 Å². The van der Waals surface area contributed by atoms with Crippen LogP contribution in [0.2, 0.25) is 0 Å². The molecule has 0 heterocycles. The summed E-state index contributed by atoms with van der Waals surface area (Å²) < 4.78 is 13.4. The largest absolute Gasteiger partial charge is 0.480 e. The zero-order valence-corrected chi connectivity index (χ0v) is 9.80. The quantitative estimate of drug-likeness (QED) is 0.779. The summed E-state index contributed by atoms with van der Waals surface area (Å²) in [5.41, 5.74) is 0.252. The van der Waals surface area contributed by atoms with Crippen LogP contribution in [0, 0.1) is 5.82 Å². The highest BCUT2D eigenvalue weighted by molar-refractivity contribution is 5.83. The van der Waals surface area contributed by atoms with Gasteiger partial charge in [0.05, 0.1) is 6.42 Å². The third-order valence-electron chi connectivity index (χ3n) is 2.33. The smallest absolute Gasteiger partial charge is 0.323 e. The van der Waals surface area contributed by atoms with Gasteiger partial charge in [-0.05, 0) is 11.6 Å². The molecule has 1 N–H and O–H groups in total. The predicted octanol–water partition coefficient (Wildman–Crippen LogP) is 1.47. The summed E-state index contributed by atoms with van der Waals surface area (Å²) >= 11 is 0. The van der Waals surface area contributed by atoms with Crippen LogP contribution in [0.15, 0.2) is 36.9 Å². The van der Waals surface area contributed by atoms with Gasteiger partial charge in [0.15, 0.2) is 0 Å². The van der Waals surface area contributed by atoms with Crippen molar-refractivity contribution in [2.24, 2.45) is 0 Å². The summed E-state index contributed by atoms with van der Waals surface area (Å²) in [6, 6.07) is 5.92. The number of amides is 1. The van der Waals surface area contributed by atoms with Gasteiger partial charge < -0.3 is 10.0 Å². The fourth-order valence-electron chi connectivity index (χ4n) is 1.49. The lowest BCUT2D eigenvalue weighted by molar-refractivity contribution is -0.143. The molecule has 0 unspecified atom stereocenters. The summed E-state index contributed by atoms with van der Waals surface area (Å²) in [6.07, 6.45) is 1.27. The molecule has 18 heavy (non-hydrogen) atoms. The molecule has 96 valence electrons. The van der Waals surface area contributed by atoms with E-state index in [2.05, 4.69) is 6.58 Å². The van der Waals surface area contributed by atoms with Crippen LogP contribution in [-0.2, 0) is 16.0 Å². The molecule has 0 aromatic heterocycles. The van der Waals surface area contributed by atoms with Gasteiger partial charge in [0, 0.05) is 6.54 Å². The lowest BCUT2D eigenvalue weighted by atomic mass is 10.1. The molecule has 0 atom stereocenters. The normalized spacial score (nSPS) is 9.83. The molecular weight excluding hydrogens is 237 g/mol. The molecule has 0 bridgehead atoms. The van der Waals surface area contributed by atoms with E-state index >= 15 is 0 Å². The Kier molecular flexibility index (Phi) is 5.05. The van der Waals surface area contributed by atoms with Crippen LogP contribution in [0.5, 0.6) is 0 Å². The molecule has 5 heteroatoms. The van der Waals surface area contributed by atoms with Crippen molar-refractivity contribution in [1.82, 2.24) is 4.90 Å². The Bertz CT molecular complexity index is 459. The van der Waals surface area contributed by atoms with Gasteiger partial charge in [0.1, 0.15) is 12.4 Å². The number of aliphatic carboxylic acids is 1. The van der Waals surface area contributed by atoms with Crippen molar-refractivity contribution < 1.29 is 19.1 Å². The number of carbonyl (C=O) groups is 2. The third-order valence-corrected chi connectivity index (χ3v) is 2.33. The molecule has 0 aliphatic carbocycles. The lowest BCUT2D eigenvalue weighted by Gasteiger charge is -2.18. The van der Waals surface area contributed by atoms with Crippen LogP contribution in [0.3, 0.4) is 0 Å². The van der Waals surface area contributed by atoms with Crippen molar-refractivity contribution in [3.63, 3.8) is 0 Å². The molecule has 1 aromatic rings. The number of carboxylic acid groups (broad SMARTS) is 1. The Hall–Kier alpha value is -2.17. The first-order valence-electron chi connectivity index (χ1n) is 5.38. The topological polar surface area (TPSA) is 57.6 Å². The van der Waals surface area contributed by atoms with Gasteiger partial charge in [-0.15, -0.1) is 6.58 Å². The molecule has 0 spiro atoms. The first-order chi connectivity index (χ1) is 8.54. The summed E-state index contributed by atoms with van der Waals surface area (Å²) in [5.74, 6) is -2.03. The standard InChI is InChI=1S/C13H14FNO3/c1-2-7-15(9-13(17)18)12(16)8-10-5-3-4-6-11(10)14/h2-6H,1,7-9H2,(H,17,18). The maximum Gasteiger partial charge on any atom is 0.323 e. The highest BCUT2D eigenvalue weighted by Gasteiger charge is 2.17. The van der Waals surface area contributed by atoms with E-state index in [9.17, 15) is 14.0 Å². The van der Waals surface area contributed by atoms with Crippen LogP contribution in [0.25, 0.3) is 0 Å². The Morgan fingerprint density at radius 1 is 1.39 bits per heavy atom. The SMILES string of the molecule is C=CCN(CC(=O)O)C(=O)Cc1ccccc1F. The van der Waals surface area contributed by atoms with Crippen molar-refractivity contribution in [3.8, 4) is 0 Å². The Morgan fingerprint density at radius 3 is 2.61 bits per heavy atom. The molecule has 0 aliphatic heterocycles. The van der Waals surface area contributed by atoms with E-state index in [1.807, 2.05) is 0 Å². The molecule has 4 nitrogen and oxygen atoms in total. The second-order valence-corrected chi connectivity index (χ2v) is 3.72. The van der Waals surface area contributed by atoms with Gasteiger partial charge in [-0.2, -0.15) is 0 Å². The highest BCUT2D eigenvalue weighted by Crippen LogP contribution is 2.08. The molecule has 0 radical (unpaired) electrons. The van der Waals surface area contributed by atoms with Gasteiger partial charge >= 0.3 is 5.97 Å². The average Bonchev–Trinajstić information content (AvgIpc) is 2.31. The molecule has 0 saturated carbocycles. The third kappa shape index (κ3) is 4.01. The maximum absolute atomic E-state index is 13.4. The van der Waals surface area contributed by atoms with E-state index < -0.39 is 24.2 Å². The Balaban J connectivity index is 2.75. The summed E-state index contributed by atoms with van der Waals surface area (Å²) in [4.78, 5) is 23.6. The number of benzene rings is 1. The van der Waals surface area contributed by atoms with Crippen molar-refractivity contribution in [3.05, 3.63) is 48.3 Å². The van der Waals surface area contributed by atoms with Crippen LogP contribution in [0.4, 0.5) is 4.39 Å². The number of hydrogen-bond acceptors (Lipinski definition) is 2. The first-order valence-corrected chi connectivity index (χ1v) is 5.38. The van der Waals surface area contributed by atoms with Crippen molar-refractivity contribution in [2.45, 2.75) is 6.42 Å². The van der Waals surface area contributed by atoms with Gasteiger partial charge in [0.2, 0.25) is 5.91 Å². The number of carboxylic acids is 1. The number of halogens is 1. The van der Waals surface area contributed by atoms with Crippen LogP contribution in [-0.4, -0.2) is 35.0 Å². The zero-order chi connectivity index (χ0) is 13.5. The minimum absolute atomic E-state index is 0.125. The fourth-order valence-corrected chi connectivity index (χ4v) is 1.49. The second-order valence-electron chi connectivity index (χ2n) is 3.72. The minimum Gasteiger partial charge on any atom is -0.480 e. The van der Waals surface area contributed by atoms with Crippen LogP contribution >= 0.6 is 0 Å². The lowest BCUT2D eigenvalue weighted by Crippen LogP contribution is -2.36. The molecule has 1 rings (SSSR count). The van der Waals surface area contributed by atoms with Crippen molar-refractivity contribution in [2.75, 3.05) is 13.1 Å². The monoisotopic (exact) mass is 251 g/mol. The molecule has 1 amide bonds. The van der Waals surface area contributed by atoms with Gasteiger partial charge in [-0.3, -0.25) is 9.59 Å². The predicted molar refractivity (Wildman–Crippen MR) is 64.5 cm³/mol. The minimum atomic E-state index is -1.11. The van der Waals surface area contributed by atoms with Crippen LogP contribution < -0.4 is 0 Å². The number of hydrogen-bond donors (Lipinski definition) is 1. The molecule has 0 fully saturated rings. The second kappa shape index (κ2) is 6.54. The van der Waals surface area contributed by atoms with Gasteiger partial charge in [0.25, 0.3) is 0 Å². The summed E-state index contributed by atoms with van der Waals surface area (Å²) in [5, 5.41) is 8.68. The van der Waals surface area contributed by atoms with E-state index in [4.69, 9.17) is 5.11 Å². The number of nitrogens with zero attached hydrogens (tertiary/aromatic N) is 1. The molecule has 0 saturated heterocycles. The number of carbonyl (C=O) groups excluding carboxylic acids is 1. The molecule has 0 aliphatic rings. The van der Waals surface area contributed by atoms with Crippen molar-refractivity contribution >= 4 is 11.9 Å². The summed E-state index contributed by atoms with van der Waals surface area (Å²) in [6.45, 7) is 3.16. The maximum atomic E-state index is 13.4. The molecular formula is C13H14FNO3. The van der Waals surface area contributed by atoms with E-state index in [0.29, 0.717) is 0 Å². The average molecular weight is 251 g/mol. The zero-order valence-electron chi connectivity index (χ0n) is 9.80. The van der Waals surface area contributed by atoms with Gasteiger partial charge in [-0.1, -0.05) is 24.3 Å². The Labute approximate surface area is 104 Å². The first kappa shape index (κ1) is 13.9. The number of rotatable bonds is 6. The fraction of sp³-hybridized carbons (Fsp3) is 0.231. The van der Waals surface area contributed by atoms with Crippen LogP contribution in [0.1, 0.15) is 5.56 Å². The molecule has 1 aromatic carbocycles. The Morgan fingerprint density at radius 2 is 2.06 bits per heavy atom. The van der Waals surface area contributed by atoms with E-state index in [-0.39, 0.29) is 18.5 Å². The van der Waals surface area contributed by atoms with E-state index in [0.717, 1.165) is 4.90 Å². The van der Waals surface area contributed by atoms with Gasteiger partial charge in [-0.25, -0.2) is 4.39 Å². The summed E-state index contributed by atoms with van der Waals surface area (Å²) in [7, 11) is 0.